The fourth-order valence-electron chi connectivity index (χ4n) is 1.02. The first-order valence-corrected chi connectivity index (χ1v) is 5.38. The lowest BCUT2D eigenvalue weighted by molar-refractivity contribution is -0.384. The van der Waals surface area contributed by atoms with Gasteiger partial charge in [0.15, 0.2) is 0 Å². The number of hydrazine groups is 2. The summed E-state index contributed by atoms with van der Waals surface area (Å²) in [5.41, 5.74) is 1.63. The highest BCUT2D eigenvalue weighted by molar-refractivity contribution is 7.89. The Balaban J connectivity index is 3.39. The fraction of sp³-hybridized carbons (Fsp3) is 0. The molecule has 0 spiro atoms. The number of nitrogens with zero attached hydrogens (tertiary/aromatic N) is 1. The Kier molecular flexibility index (Phi) is 3.39. The van der Waals surface area contributed by atoms with Crippen LogP contribution in [0.4, 0.5) is 11.4 Å². The van der Waals surface area contributed by atoms with E-state index in [4.69, 9.17) is 11.7 Å². The summed E-state index contributed by atoms with van der Waals surface area (Å²) in [4.78, 5) is 11.1. The Bertz CT molecular complexity index is 514. The van der Waals surface area contributed by atoms with E-state index in [1.54, 1.807) is 4.83 Å². The summed E-state index contributed by atoms with van der Waals surface area (Å²) in [6, 6.07) is 3.16. The predicted octanol–water partition coefficient (Wildman–Crippen LogP) is -0.968. The molecule has 0 aromatic heterocycles. The van der Waals surface area contributed by atoms with E-state index in [-0.39, 0.29) is 10.6 Å². The Morgan fingerprint density at radius 1 is 1.31 bits per heavy atom. The summed E-state index contributed by atoms with van der Waals surface area (Å²) in [6.45, 7) is 0. The lowest BCUT2D eigenvalue weighted by Crippen LogP contribution is -2.30. The maximum Gasteiger partial charge on any atom is 0.294 e. The monoisotopic (exact) mass is 247 g/mol. The first kappa shape index (κ1) is 12.3. The van der Waals surface area contributed by atoms with Crippen LogP contribution in [0.1, 0.15) is 0 Å². The average Bonchev–Trinajstić information content (AvgIpc) is 2.28. The van der Waals surface area contributed by atoms with Crippen molar-refractivity contribution in [2.24, 2.45) is 11.7 Å². The molecule has 0 bridgehead atoms. The fourth-order valence-corrected chi connectivity index (χ4v) is 1.67. The van der Waals surface area contributed by atoms with E-state index in [2.05, 4.69) is 5.43 Å². The third-order valence-corrected chi connectivity index (χ3v) is 2.97. The number of nitrogen functional groups attached to an aromatic ring is 1. The van der Waals surface area contributed by atoms with Gasteiger partial charge < -0.3 is 5.43 Å². The Morgan fingerprint density at radius 2 is 1.94 bits per heavy atom. The van der Waals surface area contributed by atoms with E-state index in [9.17, 15) is 18.5 Å². The lowest BCUT2D eigenvalue weighted by atomic mass is 10.3. The number of rotatable bonds is 4. The third kappa shape index (κ3) is 2.25. The van der Waals surface area contributed by atoms with Crippen molar-refractivity contribution in [2.75, 3.05) is 5.43 Å². The van der Waals surface area contributed by atoms with Crippen molar-refractivity contribution in [3.05, 3.63) is 28.3 Å². The maximum atomic E-state index is 11.3. The van der Waals surface area contributed by atoms with Gasteiger partial charge in [-0.2, -0.15) is 4.83 Å². The number of anilines is 1. The molecule has 0 radical (unpaired) electrons. The molecule has 10 heteroatoms. The van der Waals surface area contributed by atoms with Gasteiger partial charge in [-0.05, 0) is 12.1 Å². The summed E-state index contributed by atoms with van der Waals surface area (Å²) in [5, 5.41) is 10.6. The molecule has 1 rings (SSSR count). The van der Waals surface area contributed by atoms with Gasteiger partial charge in [-0.1, -0.05) is 0 Å². The molecule has 6 N–H and O–H groups in total. The molecule has 9 nitrogen and oxygen atoms in total. The molecule has 0 saturated carbocycles. The van der Waals surface area contributed by atoms with Crippen LogP contribution in [0.3, 0.4) is 0 Å². The number of hydrogen-bond donors (Lipinski definition) is 4. The molecule has 16 heavy (non-hydrogen) atoms. The number of nitro groups is 1. The largest absolute Gasteiger partial charge is 0.318 e. The van der Waals surface area contributed by atoms with E-state index in [0.29, 0.717) is 0 Å². The van der Waals surface area contributed by atoms with Gasteiger partial charge in [0.05, 0.1) is 9.82 Å². The van der Waals surface area contributed by atoms with Gasteiger partial charge in [0.2, 0.25) is 0 Å². The van der Waals surface area contributed by atoms with Crippen LogP contribution in [-0.4, -0.2) is 13.3 Å². The summed E-state index contributed by atoms with van der Waals surface area (Å²) in [6.07, 6.45) is 0. The van der Waals surface area contributed by atoms with Crippen LogP contribution >= 0.6 is 0 Å². The second kappa shape index (κ2) is 4.40. The Labute approximate surface area is 90.6 Å². The third-order valence-electron chi connectivity index (χ3n) is 1.79. The van der Waals surface area contributed by atoms with Gasteiger partial charge in [-0.15, -0.1) is 0 Å². The molecular weight excluding hydrogens is 238 g/mol. The van der Waals surface area contributed by atoms with Crippen LogP contribution in [0, 0.1) is 10.1 Å². The molecule has 0 aliphatic rings. The zero-order valence-corrected chi connectivity index (χ0v) is 8.69. The van der Waals surface area contributed by atoms with E-state index in [0.717, 1.165) is 12.1 Å². The number of nitrogens with one attached hydrogen (secondary N) is 2. The van der Waals surface area contributed by atoms with Crippen molar-refractivity contribution in [3.8, 4) is 0 Å². The van der Waals surface area contributed by atoms with Crippen LogP contribution in [0.25, 0.3) is 0 Å². The van der Waals surface area contributed by atoms with Gasteiger partial charge >= 0.3 is 0 Å². The summed E-state index contributed by atoms with van der Waals surface area (Å²) in [7, 11) is -3.92. The Morgan fingerprint density at radius 3 is 2.38 bits per heavy atom. The van der Waals surface area contributed by atoms with Gasteiger partial charge in [-0.25, -0.2) is 8.42 Å². The summed E-state index contributed by atoms with van der Waals surface area (Å²) < 4.78 is 22.5. The highest BCUT2D eigenvalue weighted by Crippen LogP contribution is 2.26. The quantitative estimate of drug-likeness (QED) is 0.303. The highest BCUT2D eigenvalue weighted by Gasteiger charge is 2.19. The molecular formula is C6H9N5O4S. The van der Waals surface area contributed by atoms with E-state index < -0.39 is 20.6 Å². The molecule has 0 heterocycles. The number of sulfonamides is 1. The van der Waals surface area contributed by atoms with Gasteiger partial charge in [0.1, 0.15) is 5.69 Å². The zero-order valence-electron chi connectivity index (χ0n) is 7.88. The van der Waals surface area contributed by atoms with E-state index in [1.165, 1.54) is 6.07 Å². The standard InChI is InChI=1S/C6H9N5O4S/c7-9-5-2-1-4(16(14,15)10-8)3-6(5)11(12)13/h1-3,9-10H,7-8H2. The number of nitro benzene ring substituents is 1. The van der Waals surface area contributed by atoms with Crippen molar-refractivity contribution in [2.45, 2.75) is 4.90 Å². The molecule has 0 atom stereocenters. The number of hydrogen-bond acceptors (Lipinski definition) is 7. The predicted molar refractivity (Wildman–Crippen MR) is 55.4 cm³/mol. The van der Waals surface area contributed by atoms with Crippen LogP contribution < -0.4 is 21.9 Å². The van der Waals surface area contributed by atoms with Crippen LogP contribution in [-0.2, 0) is 10.0 Å². The maximum absolute atomic E-state index is 11.3. The van der Waals surface area contributed by atoms with Crippen molar-refractivity contribution in [1.29, 1.82) is 0 Å². The number of benzene rings is 1. The Hall–Kier alpha value is -1.75. The van der Waals surface area contributed by atoms with Crippen LogP contribution in [0.5, 0.6) is 0 Å². The van der Waals surface area contributed by atoms with Gasteiger partial charge in [0.25, 0.3) is 15.7 Å². The van der Waals surface area contributed by atoms with Crippen LogP contribution in [0.2, 0.25) is 0 Å². The molecule has 0 aliphatic carbocycles. The van der Waals surface area contributed by atoms with Crippen molar-refractivity contribution < 1.29 is 13.3 Å². The SMILES string of the molecule is NNc1ccc(S(=O)(=O)NN)cc1[N+](=O)[O-]. The van der Waals surface area contributed by atoms with Crippen LogP contribution in [0.15, 0.2) is 23.1 Å². The lowest BCUT2D eigenvalue weighted by Gasteiger charge is -2.05. The molecule has 0 fully saturated rings. The normalized spacial score (nSPS) is 11.1. The molecule has 1 aromatic carbocycles. The first-order chi connectivity index (χ1) is 7.42. The van der Waals surface area contributed by atoms with Gasteiger partial charge in [-0.3, -0.25) is 21.8 Å². The summed E-state index contributed by atoms with van der Waals surface area (Å²) in [5.74, 6) is 9.82. The molecule has 0 saturated heterocycles. The molecule has 0 aliphatic heterocycles. The molecule has 88 valence electrons. The first-order valence-electron chi connectivity index (χ1n) is 3.90. The second-order valence-corrected chi connectivity index (χ2v) is 4.42. The molecule has 0 amide bonds. The topological polar surface area (TPSA) is 153 Å². The number of nitrogens with two attached hydrogens (primary N) is 2. The highest BCUT2D eigenvalue weighted by atomic mass is 32.2. The van der Waals surface area contributed by atoms with E-state index >= 15 is 0 Å². The zero-order chi connectivity index (χ0) is 12.3. The second-order valence-electron chi connectivity index (χ2n) is 2.70. The average molecular weight is 247 g/mol. The molecule has 0 unspecified atom stereocenters. The van der Waals surface area contributed by atoms with Gasteiger partial charge in [0, 0.05) is 6.07 Å². The minimum atomic E-state index is -3.92. The van der Waals surface area contributed by atoms with Crippen molar-refractivity contribution >= 4 is 21.4 Å². The van der Waals surface area contributed by atoms with Crippen molar-refractivity contribution in [1.82, 2.24) is 4.83 Å². The van der Waals surface area contributed by atoms with E-state index in [1.807, 2.05) is 0 Å². The summed E-state index contributed by atoms with van der Waals surface area (Å²) >= 11 is 0. The smallest absolute Gasteiger partial charge is 0.294 e. The minimum Gasteiger partial charge on any atom is -0.318 e. The van der Waals surface area contributed by atoms with Crippen molar-refractivity contribution in [3.63, 3.8) is 0 Å². The minimum absolute atomic E-state index is 0.000899. The molecule has 1 aromatic rings.